The zero-order valence-corrected chi connectivity index (χ0v) is 15.4. The lowest BCUT2D eigenvalue weighted by molar-refractivity contribution is -0.132. The maximum Gasteiger partial charge on any atom is 0.223 e. The normalized spacial score (nSPS) is 18.0. The van der Waals surface area contributed by atoms with Crippen LogP contribution in [0.5, 0.6) is 0 Å². The monoisotopic (exact) mass is 384 g/mol. The number of carbonyl (C=O) groups excluding carboxylic acids is 2. The second-order valence-electron chi connectivity index (χ2n) is 5.13. The van der Waals surface area contributed by atoms with Gasteiger partial charge in [0.2, 0.25) is 5.91 Å². The Balaban J connectivity index is 0.00000242. The van der Waals surface area contributed by atoms with Gasteiger partial charge in [0.1, 0.15) is 4.34 Å². The lowest BCUT2D eigenvalue weighted by Gasteiger charge is -2.32. The summed E-state index contributed by atoms with van der Waals surface area (Å²) >= 11 is 12.9. The molecule has 1 aliphatic heterocycles. The molecule has 0 aromatic carbocycles. The van der Waals surface area contributed by atoms with Crippen molar-refractivity contribution < 1.29 is 9.59 Å². The van der Waals surface area contributed by atoms with Crippen molar-refractivity contribution in [3.05, 3.63) is 20.3 Å². The van der Waals surface area contributed by atoms with Crippen LogP contribution in [0.2, 0.25) is 8.67 Å². The second kappa shape index (κ2) is 9.08. The molecule has 1 atom stereocenters. The van der Waals surface area contributed by atoms with Crippen molar-refractivity contribution in [3.8, 4) is 0 Å². The molecule has 0 radical (unpaired) electrons. The van der Waals surface area contributed by atoms with Crippen LogP contribution in [-0.2, 0) is 4.79 Å². The largest absolute Gasteiger partial charge is 0.341 e. The first-order valence-electron chi connectivity index (χ1n) is 6.94. The predicted molar refractivity (Wildman–Crippen MR) is 93.8 cm³/mol. The van der Waals surface area contributed by atoms with Gasteiger partial charge in [0.05, 0.1) is 4.34 Å². The zero-order valence-electron chi connectivity index (χ0n) is 12.2. The molecule has 4 nitrogen and oxygen atoms in total. The van der Waals surface area contributed by atoms with Gasteiger partial charge in [-0.15, -0.1) is 23.7 Å². The van der Waals surface area contributed by atoms with Gasteiger partial charge in [-0.05, 0) is 26.0 Å². The number of likely N-dealkylation sites (N-methyl/N-ethyl adjacent to an activating group) is 1. The van der Waals surface area contributed by atoms with Gasteiger partial charge in [0, 0.05) is 37.5 Å². The number of thiophene rings is 1. The maximum atomic E-state index is 12.2. The summed E-state index contributed by atoms with van der Waals surface area (Å²) in [5.74, 6) is -0.0978. The Hall–Kier alpha value is -0.330. The third-order valence-electron chi connectivity index (χ3n) is 3.71. The van der Waals surface area contributed by atoms with Crippen LogP contribution in [0.3, 0.4) is 0 Å². The first kappa shape index (κ1) is 19.7. The molecule has 8 heteroatoms. The first-order chi connectivity index (χ1) is 10.0. The van der Waals surface area contributed by atoms with Gasteiger partial charge in [-0.1, -0.05) is 23.2 Å². The zero-order chi connectivity index (χ0) is 15.4. The summed E-state index contributed by atoms with van der Waals surface area (Å²) in [6.45, 7) is 1.49. The second-order valence-corrected chi connectivity index (χ2v) is 7.41. The molecule has 1 unspecified atom stereocenters. The van der Waals surface area contributed by atoms with Crippen LogP contribution in [0.1, 0.15) is 36.0 Å². The SMILES string of the molecule is CNC1CCCN(C(=O)CCC(=O)c2cc(Cl)sc2Cl)C1.Cl. The van der Waals surface area contributed by atoms with Crippen LogP contribution >= 0.6 is 46.9 Å². The molecule has 1 N–H and O–H groups in total. The van der Waals surface area contributed by atoms with Gasteiger partial charge in [0.15, 0.2) is 5.78 Å². The summed E-state index contributed by atoms with van der Waals surface area (Å²) in [7, 11) is 1.91. The van der Waals surface area contributed by atoms with E-state index in [4.69, 9.17) is 23.2 Å². The average Bonchev–Trinajstić information content (AvgIpc) is 2.83. The quantitative estimate of drug-likeness (QED) is 0.787. The fraction of sp³-hybridized carbons (Fsp3) is 0.571. The molecule has 1 fully saturated rings. The number of likely N-dealkylation sites (tertiary alicyclic amines) is 1. The number of ketones is 1. The molecule has 1 aromatic rings. The van der Waals surface area contributed by atoms with Crippen LogP contribution in [0.15, 0.2) is 6.07 Å². The number of rotatable bonds is 5. The Morgan fingerprint density at radius 1 is 1.41 bits per heavy atom. The van der Waals surface area contributed by atoms with Crippen molar-refractivity contribution >= 4 is 58.6 Å². The molecule has 2 rings (SSSR count). The average molecular weight is 386 g/mol. The molecule has 1 amide bonds. The van der Waals surface area contributed by atoms with Crippen molar-refractivity contribution in [2.45, 2.75) is 31.7 Å². The van der Waals surface area contributed by atoms with Crippen LogP contribution in [0, 0.1) is 0 Å². The number of piperidine rings is 1. The highest BCUT2D eigenvalue weighted by molar-refractivity contribution is 7.20. The van der Waals surface area contributed by atoms with E-state index in [2.05, 4.69) is 5.32 Å². The molecule has 22 heavy (non-hydrogen) atoms. The highest BCUT2D eigenvalue weighted by atomic mass is 35.5. The molecule has 0 spiro atoms. The number of nitrogens with zero attached hydrogens (tertiary/aromatic N) is 1. The number of hydrogen-bond acceptors (Lipinski definition) is 4. The van der Waals surface area contributed by atoms with E-state index in [0.29, 0.717) is 26.8 Å². The van der Waals surface area contributed by atoms with E-state index in [1.165, 1.54) is 11.3 Å². The minimum Gasteiger partial charge on any atom is -0.341 e. The van der Waals surface area contributed by atoms with Crippen LogP contribution in [0.25, 0.3) is 0 Å². The van der Waals surface area contributed by atoms with E-state index < -0.39 is 0 Å². The van der Waals surface area contributed by atoms with E-state index in [0.717, 1.165) is 19.4 Å². The minimum absolute atomic E-state index is 0. The van der Waals surface area contributed by atoms with Crippen LogP contribution in [0.4, 0.5) is 0 Å². The molecule has 1 aromatic heterocycles. The number of carbonyl (C=O) groups is 2. The fourth-order valence-electron chi connectivity index (χ4n) is 2.48. The van der Waals surface area contributed by atoms with Crippen LogP contribution < -0.4 is 5.32 Å². The molecule has 0 aliphatic carbocycles. The Morgan fingerprint density at radius 2 is 2.14 bits per heavy atom. The van der Waals surface area contributed by atoms with Crippen LogP contribution in [-0.4, -0.2) is 42.8 Å². The topological polar surface area (TPSA) is 49.4 Å². The Labute approximate surface area is 150 Å². The van der Waals surface area contributed by atoms with Gasteiger partial charge >= 0.3 is 0 Å². The molecule has 0 bridgehead atoms. The van der Waals surface area contributed by atoms with Crippen molar-refractivity contribution in [2.75, 3.05) is 20.1 Å². The number of nitrogens with one attached hydrogen (secondary N) is 1. The smallest absolute Gasteiger partial charge is 0.223 e. The summed E-state index contributed by atoms with van der Waals surface area (Å²) in [5.41, 5.74) is 0.422. The maximum absolute atomic E-state index is 12.2. The lowest BCUT2D eigenvalue weighted by atomic mass is 10.0. The number of Topliss-reactive ketones (excluding diaryl/α,β-unsaturated/α-hetero) is 1. The summed E-state index contributed by atoms with van der Waals surface area (Å²) in [6, 6.07) is 1.92. The fourth-order valence-corrected chi connectivity index (χ4v) is 3.98. The standard InChI is InChI=1S/C14H18Cl2N2O2S.ClH/c1-17-9-3-2-6-18(8-9)13(20)5-4-11(19)10-7-12(15)21-14(10)16;/h7,9,17H,2-6,8H2,1H3;1H. The Kier molecular flexibility index (Phi) is 8.14. The summed E-state index contributed by atoms with van der Waals surface area (Å²) in [4.78, 5) is 26.1. The summed E-state index contributed by atoms with van der Waals surface area (Å²) < 4.78 is 0.883. The molecular formula is C14H19Cl3N2O2S. The summed E-state index contributed by atoms with van der Waals surface area (Å²) in [6.07, 6.45) is 2.48. The van der Waals surface area contributed by atoms with Gasteiger partial charge < -0.3 is 10.2 Å². The third kappa shape index (κ3) is 5.10. The first-order valence-corrected chi connectivity index (χ1v) is 8.51. The highest BCUT2D eigenvalue weighted by Gasteiger charge is 2.23. The number of halogens is 3. The molecule has 2 heterocycles. The van der Waals surface area contributed by atoms with Crippen molar-refractivity contribution in [2.24, 2.45) is 0 Å². The molecule has 1 saturated heterocycles. The molecule has 124 valence electrons. The molecule has 0 saturated carbocycles. The Morgan fingerprint density at radius 3 is 2.73 bits per heavy atom. The number of amides is 1. The highest BCUT2D eigenvalue weighted by Crippen LogP contribution is 2.32. The minimum atomic E-state index is -0.126. The summed E-state index contributed by atoms with van der Waals surface area (Å²) in [5, 5.41) is 3.20. The lowest BCUT2D eigenvalue weighted by Crippen LogP contribution is -2.47. The van der Waals surface area contributed by atoms with Gasteiger partial charge in [-0.25, -0.2) is 0 Å². The van der Waals surface area contributed by atoms with E-state index in [1.807, 2.05) is 11.9 Å². The van der Waals surface area contributed by atoms with Gasteiger partial charge in [0.25, 0.3) is 0 Å². The van der Waals surface area contributed by atoms with Crippen molar-refractivity contribution in [1.82, 2.24) is 10.2 Å². The Bertz CT molecular complexity index is 536. The third-order valence-corrected chi connectivity index (χ3v) is 5.19. The molecule has 1 aliphatic rings. The number of hydrogen-bond donors (Lipinski definition) is 1. The van der Waals surface area contributed by atoms with Gasteiger partial charge in [-0.2, -0.15) is 0 Å². The van der Waals surface area contributed by atoms with E-state index in [-0.39, 0.29) is 36.9 Å². The predicted octanol–water partition coefficient (Wildman–Crippen LogP) is 3.65. The van der Waals surface area contributed by atoms with Gasteiger partial charge in [-0.3, -0.25) is 9.59 Å². The molecular weight excluding hydrogens is 367 g/mol. The van der Waals surface area contributed by atoms with E-state index in [9.17, 15) is 9.59 Å². The van der Waals surface area contributed by atoms with Crippen molar-refractivity contribution in [3.63, 3.8) is 0 Å². The van der Waals surface area contributed by atoms with E-state index >= 15 is 0 Å². The van der Waals surface area contributed by atoms with E-state index in [1.54, 1.807) is 6.07 Å². The van der Waals surface area contributed by atoms with Crippen molar-refractivity contribution in [1.29, 1.82) is 0 Å².